The van der Waals surface area contributed by atoms with Gasteiger partial charge < -0.3 is 20.3 Å². The first-order chi connectivity index (χ1) is 13.2. The second kappa shape index (κ2) is 7.40. The van der Waals surface area contributed by atoms with E-state index < -0.39 is 6.10 Å². The molecule has 3 aromatic rings. The van der Waals surface area contributed by atoms with Crippen molar-refractivity contribution in [3.05, 3.63) is 65.5 Å². The standard InChI is InChI=1S/C21H24N4O2/c1-2-25-17-10-6-5-9-16(17)23-19(25)11-12-22-21(27)24-20-15-8-4-3-7-14(15)13-18(20)26/h3-10,18,20,26H,2,11-13H2,1H3,(H2,22,24,27)/t18-,20+/m0/s1. The molecule has 6 nitrogen and oxygen atoms in total. The molecule has 0 fully saturated rings. The van der Waals surface area contributed by atoms with Crippen LogP contribution in [0.2, 0.25) is 0 Å². The topological polar surface area (TPSA) is 79.2 Å². The summed E-state index contributed by atoms with van der Waals surface area (Å²) in [5, 5.41) is 16.0. The van der Waals surface area contributed by atoms with E-state index in [4.69, 9.17) is 0 Å². The van der Waals surface area contributed by atoms with Crippen LogP contribution < -0.4 is 10.6 Å². The third kappa shape index (κ3) is 3.40. The predicted molar refractivity (Wildman–Crippen MR) is 105 cm³/mol. The van der Waals surface area contributed by atoms with Crippen LogP contribution in [0.1, 0.15) is 29.9 Å². The minimum absolute atomic E-state index is 0.269. The Hall–Kier alpha value is -2.86. The lowest BCUT2D eigenvalue weighted by atomic mass is 10.1. The number of aromatic nitrogens is 2. The van der Waals surface area contributed by atoms with Crippen LogP contribution in [0.3, 0.4) is 0 Å². The molecule has 0 radical (unpaired) electrons. The molecule has 0 unspecified atom stereocenters. The van der Waals surface area contributed by atoms with Crippen molar-refractivity contribution in [2.75, 3.05) is 6.54 Å². The Balaban J connectivity index is 1.37. The molecule has 0 saturated heterocycles. The summed E-state index contributed by atoms with van der Waals surface area (Å²) in [5.74, 6) is 0.963. The molecule has 2 aromatic carbocycles. The molecule has 6 heteroatoms. The Morgan fingerprint density at radius 1 is 1.22 bits per heavy atom. The number of carbonyl (C=O) groups is 1. The highest BCUT2D eigenvalue weighted by Gasteiger charge is 2.31. The fourth-order valence-corrected chi connectivity index (χ4v) is 3.90. The maximum Gasteiger partial charge on any atom is 0.315 e. The van der Waals surface area contributed by atoms with E-state index in [0.717, 1.165) is 34.5 Å². The molecule has 1 aliphatic carbocycles. The van der Waals surface area contributed by atoms with E-state index in [0.29, 0.717) is 19.4 Å². The number of nitrogens with one attached hydrogen (secondary N) is 2. The first-order valence-electron chi connectivity index (χ1n) is 9.41. The number of hydrogen-bond donors (Lipinski definition) is 3. The second-order valence-corrected chi connectivity index (χ2v) is 6.86. The molecule has 2 amide bonds. The highest BCUT2D eigenvalue weighted by molar-refractivity contribution is 5.76. The van der Waals surface area contributed by atoms with Crippen molar-refractivity contribution in [1.82, 2.24) is 20.2 Å². The van der Waals surface area contributed by atoms with Gasteiger partial charge in [0.1, 0.15) is 5.82 Å². The molecule has 1 heterocycles. The van der Waals surface area contributed by atoms with Gasteiger partial charge >= 0.3 is 6.03 Å². The summed E-state index contributed by atoms with van der Waals surface area (Å²) in [6.45, 7) is 3.42. The number of hydrogen-bond acceptors (Lipinski definition) is 3. The van der Waals surface area contributed by atoms with Crippen LogP contribution in [0, 0.1) is 0 Å². The van der Waals surface area contributed by atoms with Crippen LogP contribution in [0.25, 0.3) is 11.0 Å². The number of urea groups is 1. The normalized spacial score (nSPS) is 18.4. The fourth-order valence-electron chi connectivity index (χ4n) is 3.90. The van der Waals surface area contributed by atoms with Crippen molar-refractivity contribution >= 4 is 17.1 Å². The lowest BCUT2D eigenvalue weighted by Gasteiger charge is -2.18. The average molecular weight is 364 g/mol. The number of carbonyl (C=O) groups excluding carboxylic acids is 1. The highest BCUT2D eigenvalue weighted by Crippen LogP contribution is 2.31. The van der Waals surface area contributed by atoms with Crippen LogP contribution in [0.5, 0.6) is 0 Å². The van der Waals surface area contributed by atoms with Gasteiger partial charge in [-0.25, -0.2) is 9.78 Å². The molecule has 0 bridgehead atoms. The number of imidazole rings is 1. The largest absolute Gasteiger partial charge is 0.390 e. The maximum absolute atomic E-state index is 12.3. The molecule has 27 heavy (non-hydrogen) atoms. The summed E-state index contributed by atoms with van der Waals surface area (Å²) in [4.78, 5) is 17.0. The van der Waals surface area contributed by atoms with Gasteiger partial charge in [-0.3, -0.25) is 0 Å². The zero-order valence-corrected chi connectivity index (χ0v) is 15.4. The van der Waals surface area contributed by atoms with Crippen LogP contribution in [-0.2, 0) is 19.4 Å². The van der Waals surface area contributed by atoms with Gasteiger partial charge in [0.25, 0.3) is 0 Å². The van der Waals surface area contributed by atoms with Crippen molar-refractivity contribution in [1.29, 1.82) is 0 Å². The zero-order chi connectivity index (χ0) is 18.8. The molecule has 1 aromatic heterocycles. The Labute approximate surface area is 158 Å². The molecule has 140 valence electrons. The van der Waals surface area contributed by atoms with E-state index in [-0.39, 0.29) is 12.1 Å². The Morgan fingerprint density at radius 3 is 2.85 bits per heavy atom. The van der Waals surface area contributed by atoms with Gasteiger partial charge in [0.05, 0.1) is 23.2 Å². The first kappa shape index (κ1) is 17.5. The number of aliphatic hydroxyl groups is 1. The minimum atomic E-state index is -0.586. The van der Waals surface area contributed by atoms with Crippen LogP contribution >= 0.6 is 0 Å². The van der Waals surface area contributed by atoms with Gasteiger partial charge in [0.2, 0.25) is 0 Å². The molecule has 4 rings (SSSR count). The molecule has 0 aliphatic heterocycles. The van der Waals surface area contributed by atoms with Crippen molar-refractivity contribution in [3.8, 4) is 0 Å². The first-order valence-corrected chi connectivity index (χ1v) is 9.41. The van der Waals surface area contributed by atoms with Crippen molar-refractivity contribution < 1.29 is 9.90 Å². The maximum atomic E-state index is 12.3. The van der Waals surface area contributed by atoms with E-state index in [1.54, 1.807) is 0 Å². The minimum Gasteiger partial charge on any atom is -0.390 e. The van der Waals surface area contributed by atoms with Crippen LogP contribution in [-0.4, -0.2) is 33.3 Å². The Bertz CT molecular complexity index is 966. The van der Waals surface area contributed by atoms with Gasteiger partial charge in [-0.1, -0.05) is 36.4 Å². The van der Waals surface area contributed by atoms with Gasteiger partial charge in [-0.05, 0) is 30.2 Å². The number of benzene rings is 2. The summed E-state index contributed by atoms with van der Waals surface area (Å²) in [6.07, 6.45) is 0.638. The summed E-state index contributed by atoms with van der Waals surface area (Å²) in [6, 6.07) is 15.3. The average Bonchev–Trinajstić information content (AvgIpc) is 3.19. The Kier molecular flexibility index (Phi) is 4.81. The number of aryl methyl sites for hydroxylation is 1. The molecule has 0 spiro atoms. The van der Waals surface area contributed by atoms with Crippen molar-refractivity contribution in [2.45, 2.75) is 38.5 Å². The SMILES string of the molecule is CCn1c(CCNC(=O)N[C@@H]2c3ccccc3C[C@@H]2O)nc2ccccc21. The summed E-state index contributed by atoms with van der Waals surface area (Å²) >= 11 is 0. The van der Waals surface area contributed by atoms with E-state index in [9.17, 15) is 9.90 Å². The predicted octanol–water partition coefficient (Wildman–Crippen LogP) is 2.56. The quantitative estimate of drug-likeness (QED) is 0.651. The summed E-state index contributed by atoms with van der Waals surface area (Å²) in [5.41, 5.74) is 4.18. The second-order valence-electron chi connectivity index (χ2n) is 6.86. The van der Waals surface area contributed by atoms with Gasteiger partial charge in [-0.15, -0.1) is 0 Å². The number of aliphatic hydroxyl groups excluding tert-OH is 1. The van der Waals surface area contributed by atoms with E-state index >= 15 is 0 Å². The number of fused-ring (bicyclic) bond motifs is 2. The van der Waals surface area contributed by atoms with Crippen molar-refractivity contribution in [3.63, 3.8) is 0 Å². The molecular formula is C21H24N4O2. The summed E-state index contributed by atoms with van der Waals surface area (Å²) in [7, 11) is 0. The van der Waals surface area contributed by atoms with Gasteiger partial charge in [0.15, 0.2) is 0 Å². The third-order valence-electron chi connectivity index (χ3n) is 5.17. The zero-order valence-electron chi connectivity index (χ0n) is 15.4. The van der Waals surface area contributed by atoms with E-state index in [1.807, 2.05) is 42.5 Å². The van der Waals surface area contributed by atoms with E-state index in [1.165, 1.54) is 0 Å². The smallest absolute Gasteiger partial charge is 0.315 e. The van der Waals surface area contributed by atoms with Gasteiger partial charge in [0, 0.05) is 25.9 Å². The lowest BCUT2D eigenvalue weighted by molar-refractivity contribution is 0.142. The fraction of sp³-hybridized carbons (Fsp3) is 0.333. The molecule has 2 atom stereocenters. The van der Waals surface area contributed by atoms with Crippen molar-refractivity contribution in [2.24, 2.45) is 0 Å². The third-order valence-corrected chi connectivity index (χ3v) is 5.17. The molecule has 3 N–H and O–H groups in total. The van der Waals surface area contributed by atoms with Crippen LogP contribution in [0.15, 0.2) is 48.5 Å². The lowest BCUT2D eigenvalue weighted by Crippen LogP contribution is -2.41. The number of para-hydroxylation sites is 2. The molecular weight excluding hydrogens is 340 g/mol. The number of amides is 2. The molecule has 1 aliphatic rings. The van der Waals surface area contributed by atoms with Crippen LogP contribution in [0.4, 0.5) is 4.79 Å². The van der Waals surface area contributed by atoms with Gasteiger partial charge in [-0.2, -0.15) is 0 Å². The highest BCUT2D eigenvalue weighted by atomic mass is 16.3. The number of rotatable bonds is 5. The van der Waals surface area contributed by atoms with E-state index in [2.05, 4.69) is 33.2 Å². The Morgan fingerprint density at radius 2 is 2.00 bits per heavy atom. The summed E-state index contributed by atoms with van der Waals surface area (Å²) < 4.78 is 2.17. The molecule has 0 saturated carbocycles. The monoisotopic (exact) mass is 364 g/mol. The number of nitrogens with zero attached hydrogens (tertiary/aromatic N) is 2.